The van der Waals surface area contributed by atoms with Crippen molar-refractivity contribution in [2.24, 2.45) is 5.73 Å². The van der Waals surface area contributed by atoms with Crippen molar-refractivity contribution >= 4 is 27.5 Å². The molecule has 0 saturated heterocycles. The summed E-state index contributed by atoms with van der Waals surface area (Å²) in [4.78, 5) is 0. The third kappa shape index (κ3) is 3.56. The molecule has 1 unspecified atom stereocenters. The number of halogens is 3. The normalized spacial score (nSPS) is 14.2. The zero-order valence-corrected chi connectivity index (χ0v) is 12.8. The molecule has 0 amide bonds. The van der Waals surface area contributed by atoms with Crippen molar-refractivity contribution in [3.8, 4) is 0 Å². The zero-order chi connectivity index (χ0) is 14.0. The molecule has 0 radical (unpaired) electrons. The first-order valence-electron chi connectivity index (χ1n) is 5.87. The van der Waals surface area contributed by atoms with Crippen LogP contribution >= 0.6 is 27.5 Å². The highest BCUT2D eigenvalue weighted by atomic mass is 79.9. The van der Waals surface area contributed by atoms with Crippen LogP contribution in [0.5, 0.6) is 0 Å². The molecule has 100 valence electrons. The molecule has 4 heteroatoms. The molecule has 2 aromatic rings. The van der Waals surface area contributed by atoms with Gasteiger partial charge in [-0.25, -0.2) is 4.39 Å². The Hall–Kier alpha value is -0.900. The molecule has 2 N–H and O–H groups in total. The van der Waals surface area contributed by atoms with Gasteiger partial charge >= 0.3 is 0 Å². The highest BCUT2D eigenvalue weighted by Crippen LogP contribution is 2.28. The first kappa shape index (κ1) is 14.5. The van der Waals surface area contributed by atoms with Crippen molar-refractivity contribution in [2.75, 3.05) is 0 Å². The SMILES string of the molecule is CC(N)(Cc1ccc(F)cc1Cl)c1cccc(Br)c1. The standard InChI is InChI=1S/C15H14BrClFN/c1-15(19,11-3-2-4-12(16)7-11)9-10-5-6-13(18)8-14(10)17/h2-8H,9,19H2,1H3. The van der Waals surface area contributed by atoms with Gasteiger partial charge in [-0.1, -0.05) is 45.7 Å². The largest absolute Gasteiger partial charge is 0.321 e. The Morgan fingerprint density at radius 1 is 1.26 bits per heavy atom. The highest BCUT2D eigenvalue weighted by Gasteiger charge is 2.23. The lowest BCUT2D eigenvalue weighted by Crippen LogP contribution is -2.35. The fraction of sp³-hybridized carbons (Fsp3) is 0.200. The third-order valence-electron chi connectivity index (χ3n) is 3.06. The Kier molecular flexibility index (Phi) is 4.29. The number of hydrogen-bond acceptors (Lipinski definition) is 1. The topological polar surface area (TPSA) is 26.0 Å². The second kappa shape index (κ2) is 5.61. The lowest BCUT2D eigenvalue weighted by Gasteiger charge is -2.26. The smallest absolute Gasteiger partial charge is 0.124 e. The van der Waals surface area contributed by atoms with Crippen LogP contribution < -0.4 is 5.73 Å². The van der Waals surface area contributed by atoms with Gasteiger partial charge in [-0.05, 0) is 48.7 Å². The van der Waals surface area contributed by atoms with E-state index < -0.39 is 5.54 Å². The Morgan fingerprint density at radius 3 is 2.63 bits per heavy atom. The first-order valence-corrected chi connectivity index (χ1v) is 7.04. The van der Waals surface area contributed by atoms with Crippen molar-refractivity contribution < 1.29 is 4.39 Å². The molecule has 0 fully saturated rings. The van der Waals surface area contributed by atoms with Crippen LogP contribution in [-0.4, -0.2) is 0 Å². The molecule has 0 aliphatic heterocycles. The van der Waals surface area contributed by atoms with Crippen LogP contribution in [-0.2, 0) is 12.0 Å². The van der Waals surface area contributed by atoms with E-state index in [4.69, 9.17) is 17.3 Å². The molecule has 1 atom stereocenters. The van der Waals surface area contributed by atoms with Crippen molar-refractivity contribution in [1.82, 2.24) is 0 Å². The zero-order valence-electron chi connectivity index (χ0n) is 10.5. The van der Waals surface area contributed by atoms with Gasteiger partial charge < -0.3 is 5.73 Å². The van der Waals surface area contributed by atoms with E-state index in [0.29, 0.717) is 11.4 Å². The Balaban J connectivity index is 2.30. The predicted molar refractivity (Wildman–Crippen MR) is 80.8 cm³/mol. The van der Waals surface area contributed by atoms with Crippen molar-refractivity contribution in [1.29, 1.82) is 0 Å². The molecule has 2 aromatic carbocycles. The van der Waals surface area contributed by atoms with Crippen LogP contribution in [0.2, 0.25) is 5.02 Å². The Labute approximate surface area is 125 Å². The van der Waals surface area contributed by atoms with Gasteiger partial charge in [0, 0.05) is 15.0 Å². The van der Waals surface area contributed by atoms with Gasteiger partial charge in [-0.2, -0.15) is 0 Å². The van der Waals surface area contributed by atoms with E-state index in [-0.39, 0.29) is 5.82 Å². The van der Waals surface area contributed by atoms with E-state index in [2.05, 4.69) is 15.9 Å². The van der Waals surface area contributed by atoms with E-state index in [1.165, 1.54) is 12.1 Å². The summed E-state index contributed by atoms with van der Waals surface area (Å²) < 4.78 is 14.0. The Bertz CT molecular complexity index is 598. The van der Waals surface area contributed by atoms with Crippen LogP contribution in [0.15, 0.2) is 46.9 Å². The maximum absolute atomic E-state index is 13.0. The van der Waals surface area contributed by atoms with Crippen molar-refractivity contribution in [2.45, 2.75) is 18.9 Å². The first-order chi connectivity index (χ1) is 8.88. The van der Waals surface area contributed by atoms with Crippen molar-refractivity contribution in [3.63, 3.8) is 0 Å². The van der Waals surface area contributed by atoms with E-state index in [1.807, 2.05) is 31.2 Å². The molecule has 1 nitrogen and oxygen atoms in total. The minimum absolute atomic E-state index is 0.338. The summed E-state index contributed by atoms with van der Waals surface area (Å²) in [6.07, 6.45) is 0.544. The lowest BCUT2D eigenvalue weighted by atomic mass is 9.86. The maximum atomic E-state index is 13.0. The summed E-state index contributed by atoms with van der Waals surface area (Å²) in [6.45, 7) is 1.94. The second-order valence-corrected chi connectivity index (χ2v) is 6.16. The summed E-state index contributed by atoms with van der Waals surface area (Å²) in [7, 11) is 0. The monoisotopic (exact) mass is 341 g/mol. The van der Waals surface area contributed by atoms with Crippen LogP contribution in [0.3, 0.4) is 0 Å². The number of hydrogen-bond donors (Lipinski definition) is 1. The molecule has 0 aliphatic carbocycles. The molecule has 19 heavy (non-hydrogen) atoms. The van der Waals surface area contributed by atoms with Gasteiger partial charge in [0.2, 0.25) is 0 Å². The van der Waals surface area contributed by atoms with E-state index in [9.17, 15) is 4.39 Å². The number of rotatable bonds is 3. The predicted octanol–water partition coefficient (Wildman–Crippen LogP) is 4.66. The van der Waals surface area contributed by atoms with Gasteiger partial charge in [-0.15, -0.1) is 0 Å². The minimum Gasteiger partial charge on any atom is -0.321 e. The van der Waals surface area contributed by atoms with Crippen LogP contribution in [0, 0.1) is 5.82 Å². The summed E-state index contributed by atoms with van der Waals surface area (Å²) in [5, 5.41) is 0.409. The number of nitrogens with two attached hydrogens (primary N) is 1. The summed E-state index contributed by atoms with van der Waals surface area (Å²) in [6, 6.07) is 12.2. The third-order valence-corrected chi connectivity index (χ3v) is 3.90. The van der Waals surface area contributed by atoms with Gasteiger partial charge in [0.1, 0.15) is 5.82 Å². The van der Waals surface area contributed by atoms with Gasteiger partial charge in [-0.3, -0.25) is 0 Å². The average molecular weight is 343 g/mol. The quantitative estimate of drug-likeness (QED) is 0.862. The average Bonchev–Trinajstić information content (AvgIpc) is 2.33. The molecular weight excluding hydrogens is 329 g/mol. The van der Waals surface area contributed by atoms with Crippen LogP contribution in [0.4, 0.5) is 4.39 Å². The molecule has 0 heterocycles. The van der Waals surface area contributed by atoms with Crippen molar-refractivity contribution in [3.05, 3.63) is 68.9 Å². The summed E-state index contributed by atoms with van der Waals surface area (Å²) in [5.74, 6) is -0.338. The van der Waals surface area contributed by atoms with E-state index in [0.717, 1.165) is 15.6 Å². The van der Waals surface area contributed by atoms with E-state index >= 15 is 0 Å². The van der Waals surface area contributed by atoms with Gasteiger partial charge in [0.05, 0.1) is 0 Å². The molecular formula is C15H14BrClFN. The highest BCUT2D eigenvalue weighted by molar-refractivity contribution is 9.10. The Morgan fingerprint density at radius 2 is 2.00 bits per heavy atom. The van der Waals surface area contributed by atoms with E-state index in [1.54, 1.807) is 6.07 Å². The van der Waals surface area contributed by atoms with Gasteiger partial charge in [0.15, 0.2) is 0 Å². The fourth-order valence-electron chi connectivity index (χ4n) is 2.01. The van der Waals surface area contributed by atoms with Crippen LogP contribution in [0.1, 0.15) is 18.1 Å². The maximum Gasteiger partial charge on any atom is 0.124 e. The molecule has 0 aromatic heterocycles. The fourth-order valence-corrected chi connectivity index (χ4v) is 2.64. The lowest BCUT2D eigenvalue weighted by molar-refractivity contribution is 0.490. The molecule has 0 aliphatic rings. The summed E-state index contributed by atoms with van der Waals surface area (Å²) >= 11 is 9.48. The second-order valence-electron chi connectivity index (χ2n) is 4.84. The van der Waals surface area contributed by atoms with Crippen LogP contribution in [0.25, 0.3) is 0 Å². The molecule has 0 spiro atoms. The van der Waals surface area contributed by atoms with Gasteiger partial charge in [0.25, 0.3) is 0 Å². The molecule has 0 bridgehead atoms. The molecule has 0 saturated carbocycles. The number of benzene rings is 2. The minimum atomic E-state index is -0.564. The molecule has 2 rings (SSSR count). The summed E-state index contributed by atoms with van der Waals surface area (Å²) in [5.41, 5.74) is 7.65.